The molecule has 21 heavy (non-hydrogen) atoms. The SMILES string of the molecule is c1ccc2c(c1)CCCC2NC1CCOC2(CCSC2)C1. The topological polar surface area (TPSA) is 21.3 Å². The molecule has 2 fully saturated rings. The smallest absolute Gasteiger partial charge is 0.0795 e. The number of ether oxygens (including phenoxy) is 1. The van der Waals surface area contributed by atoms with Crippen molar-refractivity contribution in [2.75, 3.05) is 18.1 Å². The molecule has 2 heterocycles. The second kappa shape index (κ2) is 5.94. The molecule has 0 bridgehead atoms. The summed E-state index contributed by atoms with van der Waals surface area (Å²) in [4.78, 5) is 0. The summed E-state index contributed by atoms with van der Waals surface area (Å²) in [5.74, 6) is 2.48. The molecule has 2 aliphatic heterocycles. The van der Waals surface area contributed by atoms with E-state index in [4.69, 9.17) is 4.74 Å². The van der Waals surface area contributed by atoms with Crippen LogP contribution in [0.4, 0.5) is 0 Å². The second-order valence-corrected chi connectivity index (χ2v) is 7.94. The third-order valence-electron chi connectivity index (χ3n) is 5.37. The van der Waals surface area contributed by atoms with Gasteiger partial charge in [-0.2, -0.15) is 11.8 Å². The van der Waals surface area contributed by atoms with Crippen molar-refractivity contribution in [1.29, 1.82) is 0 Å². The third kappa shape index (κ3) is 2.88. The van der Waals surface area contributed by atoms with E-state index in [1.165, 1.54) is 50.0 Å². The van der Waals surface area contributed by atoms with E-state index in [0.717, 1.165) is 6.61 Å². The zero-order chi connectivity index (χ0) is 14.1. The van der Waals surface area contributed by atoms with Crippen LogP contribution in [-0.2, 0) is 11.2 Å². The van der Waals surface area contributed by atoms with Crippen molar-refractivity contribution in [3.63, 3.8) is 0 Å². The Morgan fingerprint density at radius 1 is 1.24 bits per heavy atom. The van der Waals surface area contributed by atoms with Crippen LogP contribution < -0.4 is 5.32 Å². The van der Waals surface area contributed by atoms with E-state index >= 15 is 0 Å². The van der Waals surface area contributed by atoms with Gasteiger partial charge in [-0.25, -0.2) is 0 Å². The van der Waals surface area contributed by atoms with E-state index < -0.39 is 0 Å². The summed E-state index contributed by atoms with van der Waals surface area (Å²) in [6, 6.07) is 10.2. The Balaban J connectivity index is 1.46. The standard InChI is InChI=1S/C18H25NOS/c1-2-6-16-14(4-1)5-3-7-17(16)19-15-8-10-20-18(12-15)9-11-21-13-18/h1-2,4,6,15,17,19H,3,5,7-13H2. The van der Waals surface area contributed by atoms with E-state index in [-0.39, 0.29) is 5.60 Å². The van der Waals surface area contributed by atoms with Crippen LogP contribution in [0.1, 0.15) is 49.3 Å². The molecule has 0 aromatic heterocycles. The predicted molar refractivity (Wildman–Crippen MR) is 88.9 cm³/mol. The van der Waals surface area contributed by atoms with E-state index in [9.17, 15) is 0 Å². The van der Waals surface area contributed by atoms with Crippen molar-refractivity contribution in [2.24, 2.45) is 0 Å². The van der Waals surface area contributed by atoms with Crippen LogP contribution >= 0.6 is 11.8 Å². The zero-order valence-corrected chi connectivity index (χ0v) is 13.5. The lowest BCUT2D eigenvalue weighted by Crippen LogP contribution is -2.48. The number of hydrogen-bond acceptors (Lipinski definition) is 3. The van der Waals surface area contributed by atoms with Gasteiger partial charge in [0.2, 0.25) is 0 Å². The van der Waals surface area contributed by atoms with Crippen molar-refractivity contribution in [3.8, 4) is 0 Å². The molecule has 2 nitrogen and oxygen atoms in total. The Hall–Kier alpha value is -0.510. The minimum Gasteiger partial charge on any atom is -0.374 e. The Morgan fingerprint density at radius 3 is 3.10 bits per heavy atom. The quantitative estimate of drug-likeness (QED) is 0.900. The molecule has 3 heteroatoms. The van der Waals surface area contributed by atoms with Gasteiger partial charge >= 0.3 is 0 Å². The van der Waals surface area contributed by atoms with Crippen molar-refractivity contribution in [2.45, 2.75) is 56.2 Å². The average molecular weight is 303 g/mol. The molecule has 1 aliphatic carbocycles. The van der Waals surface area contributed by atoms with Gasteiger partial charge in [0.25, 0.3) is 0 Å². The molecule has 0 amide bonds. The van der Waals surface area contributed by atoms with Crippen LogP contribution in [0.15, 0.2) is 24.3 Å². The minimum absolute atomic E-state index is 0.189. The largest absolute Gasteiger partial charge is 0.374 e. The predicted octanol–water partition coefficient (Wildman–Crippen LogP) is 3.71. The fourth-order valence-electron chi connectivity index (χ4n) is 4.24. The van der Waals surface area contributed by atoms with Gasteiger partial charge in [-0.05, 0) is 55.4 Å². The van der Waals surface area contributed by atoms with Crippen LogP contribution in [0.5, 0.6) is 0 Å². The van der Waals surface area contributed by atoms with Crippen molar-refractivity contribution in [3.05, 3.63) is 35.4 Å². The van der Waals surface area contributed by atoms with Crippen molar-refractivity contribution >= 4 is 11.8 Å². The Bertz CT molecular complexity index is 498. The Morgan fingerprint density at radius 2 is 2.19 bits per heavy atom. The van der Waals surface area contributed by atoms with Gasteiger partial charge < -0.3 is 10.1 Å². The van der Waals surface area contributed by atoms with E-state index in [0.29, 0.717) is 12.1 Å². The van der Waals surface area contributed by atoms with Crippen LogP contribution in [0.2, 0.25) is 0 Å². The molecular weight excluding hydrogens is 278 g/mol. The maximum Gasteiger partial charge on any atom is 0.0795 e. The fourth-order valence-corrected chi connectivity index (χ4v) is 5.62. The monoisotopic (exact) mass is 303 g/mol. The Labute approximate surface area is 132 Å². The first-order valence-corrected chi connectivity index (χ1v) is 9.56. The minimum atomic E-state index is 0.189. The molecule has 1 N–H and O–H groups in total. The number of rotatable bonds is 2. The molecule has 114 valence electrons. The molecule has 3 unspecified atom stereocenters. The highest BCUT2D eigenvalue weighted by Gasteiger charge is 2.41. The van der Waals surface area contributed by atoms with Crippen LogP contribution in [-0.4, -0.2) is 29.8 Å². The molecule has 1 aromatic rings. The van der Waals surface area contributed by atoms with Crippen LogP contribution in [0, 0.1) is 0 Å². The van der Waals surface area contributed by atoms with E-state index in [1.807, 2.05) is 0 Å². The van der Waals surface area contributed by atoms with Gasteiger partial charge in [0, 0.05) is 24.4 Å². The maximum atomic E-state index is 6.15. The number of benzene rings is 1. The van der Waals surface area contributed by atoms with Crippen LogP contribution in [0.25, 0.3) is 0 Å². The average Bonchev–Trinajstić information content (AvgIpc) is 2.95. The van der Waals surface area contributed by atoms with E-state index in [2.05, 4.69) is 41.3 Å². The van der Waals surface area contributed by atoms with Gasteiger partial charge in [-0.3, -0.25) is 0 Å². The molecule has 4 rings (SSSR count). The van der Waals surface area contributed by atoms with Crippen molar-refractivity contribution in [1.82, 2.24) is 5.32 Å². The highest BCUT2D eigenvalue weighted by molar-refractivity contribution is 7.99. The summed E-state index contributed by atoms with van der Waals surface area (Å²) in [7, 11) is 0. The normalized spacial score (nSPS) is 35.8. The summed E-state index contributed by atoms with van der Waals surface area (Å²) in [6.07, 6.45) is 7.48. The molecule has 1 spiro atoms. The van der Waals surface area contributed by atoms with E-state index in [1.54, 1.807) is 11.1 Å². The highest BCUT2D eigenvalue weighted by Crippen LogP contribution is 2.39. The number of aryl methyl sites for hydroxylation is 1. The number of fused-ring (bicyclic) bond motifs is 1. The van der Waals surface area contributed by atoms with Gasteiger partial charge in [-0.1, -0.05) is 24.3 Å². The lowest BCUT2D eigenvalue weighted by molar-refractivity contribution is -0.0716. The molecule has 0 saturated carbocycles. The first-order valence-electron chi connectivity index (χ1n) is 8.40. The third-order valence-corrected chi connectivity index (χ3v) is 6.59. The molecular formula is C18H25NOS. The number of hydrogen-bond donors (Lipinski definition) is 1. The summed E-state index contributed by atoms with van der Waals surface area (Å²) >= 11 is 2.06. The lowest BCUT2D eigenvalue weighted by atomic mass is 9.85. The highest BCUT2D eigenvalue weighted by atomic mass is 32.2. The van der Waals surface area contributed by atoms with Crippen LogP contribution in [0.3, 0.4) is 0 Å². The Kier molecular flexibility index (Phi) is 3.99. The molecule has 3 aliphatic rings. The molecule has 1 aromatic carbocycles. The molecule has 0 radical (unpaired) electrons. The van der Waals surface area contributed by atoms with Gasteiger partial charge in [0.15, 0.2) is 0 Å². The summed E-state index contributed by atoms with van der Waals surface area (Å²) in [5.41, 5.74) is 3.29. The first kappa shape index (κ1) is 14.1. The molecule has 3 atom stereocenters. The summed E-state index contributed by atoms with van der Waals surface area (Å²) < 4.78 is 6.15. The number of nitrogens with one attached hydrogen (secondary N) is 1. The lowest BCUT2D eigenvalue weighted by Gasteiger charge is -2.40. The molecule has 2 saturated heterocycles. The van der Waals surface area contributed by atoms with Gasteiger partial charge in [0.1, 0.15) is 0 Å². The second-order valence-electron chi connectivity index (χ2n) is 6.83. The summed E-state index contributed by atoms with van der Waals surface area (Å²) in [5, 5.41) is 3.98. The number of thioether (sulfide) groups is 1. The summed E-state index contributed by atoms with van der Waals surface area (Å²) in [6.45, 7) is 0.937. The maximum absolute atomic E-state index is 6.15. The fraction of sp³-hybridized carbons (Fsp3) is 0.667. The zero-order valence-electron chi connectivity index (χ0n) is 12.6. The van der Waals surface area contributed by atoms with Gasteiger partial charge in [-0.15, -0.1) is 0 Å². The van der Waals surface area contributed by atoms with Crippen molar-refractivity contribution < 1.29 is 4.74 Å². The van der Waals surface area contributed by atoms with Gasteiger partial charge in [0.05, 0.1) is 5.60 Å². The first-order chi connectivity index (χ1) is 10.3.